The van der Waals surface area contributed by atoms with E-state index in [1.165, 1.54) is 18.5 Å². The fourth-order valence-corrected chi connectivity index (χ4v) is 1.65. The first-order chi connectivity index (χ1) is 9.95. The van der Waals surface area contributed by atoms with Crippen LogP contribution in [0.4, 0.5) is 0 Å². The molecule has 3 N–H and O–H groups in total. The van der Waals surface area contributed by atoms with Gasteiger partial charge in [0.05, 0.1) is 12.7 Å². The molecule has 21 heavy (non-hydrogen) atoms. The third kappa shape index (κ3) is 3.75. The van der Waals surface area contributed by atoms with Crippen molar-refractivity contribution in [1.29, 1.82) is 0 Å². The fourth-order valence-electron chi connectivity index (χ4n) is 1.65. The monoisotopic (exact) mass is 291 g/mol. The SMILES string of the molecule is Cc1cc(=O)c(C(=O)NCc2cn(CC(=O)O)nn2)c[nH]1. The lowest BCUT2D eigenvalue weighted by molar-refractivity contribution is -0.137. The number of hydrogen-bond donors (Lipinski definition) is 3. The lowest BCUT2D eigenvalue weighted by Crippen LogP contribution is -2.28. The zero-order valence-corrected chi connectivity index (χ0v) is 11.2. The van der Waals surface area contributed by atoms with E-state index in [2.05, 4.69) is 20.6 Å². The van der Waals surface area contributed by atoms with Gasteiger partial charge in [-0.3, -0.25) is 14.4 Å². The largest absolute Gasteiger partial charge is 0.480 e. The summed E-state index contributed by atoms with van der Waals surface area (Å²) < 4.78 is 1.14. The predicted octanol–water partition coefficient (Wildman–Crippen LogP) is -0.711. The molecule has 0 unspecified atom stereocenters. The highest BCUT2D eigenvalue weighted by atomic mass is 16.4. The van der Waals surface area contributed by atoms with Crippen LogP contribution in [0.3, 0.4) is 0 Å². The van der Waals surface area contributed by atoms with E-state index in [9.17, 15) is 14.4 Å². The number of aryl methyl sites for hydroxylation is 1. The number of pyridine rings is 1. The van der Waals surface area contributed by atoms with Crippen molar-refractivity contribution in [2.45, 2.75) is 20.0 Å². The van der Waals surface area contributed by atoms with E-state index in [-0.39, 0.29) is 24.1 Å². The molecular formula is C12H13N5O4. The molecule has 0 aliphatic carbocycles. The third-order valence-corrected chi connectivity index (χ3v) is 2.62. The van der Waals surface area contributed by atoms with Crippen molar-refractivity contribution >= 4 is 11.9 Å². The van der Waals surface area contributed by atoms with Crippen LogP contribution in [-0.2, 0) is 17.9 Å². The topological polar surface area (TPSA) is 130 Å². The summed E-state index contributed by atoms with van der Waals surface area (Å²) in [5.41, 5.74) is 0.679. The Balaban J connectivity index is 1.99. The second kappa shape index (κ2) is 5.99. The Labute approximate surface area is 118 Å². The van der Waals surface area contributed by atoms with Gasteiger partial charge in [-0.1, -0.05) is 5.21 Å². The number of H-pyrrole nitrogens is 1. The van der Waals surface area contributed by atoms with Crippen LogP contribution in [0.2, 0.25) is 0 Å². The van der Waals surface area contributed by atoms with Gasteiger partial charge in [-0.25, -0.2) is 4.68 Å². The average Bonchev–Trinajstić information content (AvgIpc) is 2.82. The smallest absolute Gasteiger partial charge is 0.325 e. The summed E-state index contributed by atoms with van der Waals surface area (Å²) in [6.07, 6.45) is 2.75. The summed E-state index contributed by atoms with van der Waals surface area (Å²) in [6, 6.07) is 1.33. The zero-order valence-electron chi connectivity index (χ0n) is 11.2. The second-order valence-corrected chi connectivity index (χ2v) is 4.38. The molecule has 0 spiro atoms. The lowest BCUT2D eigenvalue weighted by atomic mass is 10.2. The summed E-state index contributed by atoms with van der Waals surface area (Å²) in [5.74, 6) is -1.58. The molecule has 2 heterocycles. The van der Waals surface area contributed by atoms with Crippen LogP contribution in [0.15, 0.2) is 23.3 Å². The van der Waals surface area contributed by atoms with Crippen molar-refractivity contribution in [3.05, 3.63) is 45.6 Å². The average molecular weight is 291 g/mol. The molecule has 0 atom stereocenters. The molecule has 0 saturated heterocycles. The number of carboxylic acids is 1. The van der Waals surface area contributed by atoms with E-state index in [0.717, 1.165) is 4.68 Å². The molecule has 0 radical (unpaired) electrons. The molecule has 110 valence electrons. The molecule has 1 amide bonds. The van der Waals surface area contributed by atoms with Gasteiger partial charge in [0, 0.05) is 18.0 Å². The number of nitrogens with one attached hydrogen (secondary N) is 2. The Hall–Kier alpha value is -2.97. The van der Waals surface area contributed by atoms with Crippen molar-refractivity contribution in [3.8, 4) is 0 Å². The maximum Gasteiger partial charge on any atom is 0.325 e. The number of hydrogen-bond acceptors (Lipinski definition) is 5. The standard InChI is InChI=1S/C12H13N5O4/c1-7-2-10(18)9(4-13-7)12(21)14-3-8-5-17(16-15-8)6-11(19)20/h2,4-5H,3,6H2,1H3,(H,13,18)(H,14,21)(H,19,20). The molecule has 0 aliphatic rings. The van der Waals surface area contributed by atoms with Gasteiger partial charge in [0.25, 0.3) is 5.91 Å². The van der Waals surface area contributed by atoms with Gasteiger partial charge in [0.2, 0.25) is 0 Å². The summed E-state index contributed by atoms with van der Waals surface area (Å²) in [4.78, 5) is 36.8. The minimum absolute atomic E-state index is 0.00136. The van der Waals surface area contributed by atoms with Crippen LogP contribution in [0.25, 0.3) is 0 Å². The van der Waals surface area contributed by atoms with Crippen molar-refractivity contribution < 1.29 is 14.7 Å². The van der Waals surface area contributed by atoms with Gasteiger partial charge >= 0.3 is 5.97 Å². The van der Waals surface area contributed by atoms with E-state index >= 15 is 0 Å². The van der Waals surface area contributed by atoms with Crippen LogP contribution in [0.5, 0.6) is 0 Å². The number of aromatic nitrogens is 4. The quantitative estimate of drug-likeness (QED) is 0.667. The molecule has 9 nitrogen and oxygen atoms in total. The lowest BCUT2D eigenvalue weighted by Gasteiger charge is -2.02. The number of carbonyl (C=O) groups excluding carboxylic acids is 1. The van der Waals surface area contributed by atoms with E-state index in [4.69, 9.17) is 5.11 Å². The van der Waals surface area contributed by atoms with Crippen LogP contribution in [0.1, 0.15) is 21.7 Å². The van der Waals surface area contributed by atoms with Gasteiger partial charge in [-0.15, -0.1) is 5.10 Å². The summed E-state index contributed by atoms with van der Waals surface area (Å²) in [7, 11) is 0. The van der Waals surface area contributed by atoms with Crippen molar-refractivity contribution in [2.75, 3.05) is 0 Å². The molecule has 9 heteroatoms. The zero-order chi connectivity index (χ0) is 15.4. The highest BCUT2D eigenvalue weighted by molar-refractivity contribution is 5.93. The third-order valence-electron chi connectivity index (χ3n) is 2.62. The minimum atomic E-state index is -1.04. The van der Waals surface area contributed by atoms with Crippen molar-refractivity contribution in [3.63, 3.8) is 0 Å². The van der Waals surface area contributed by atoms with E-state index < -0.39 is 11.9 Å². The summed E-state index contributed by atoms with van der Waals surface area (Å²) >= 11 is 0. The highest BCUT2D eigenvalue weighted by Gasteiger charge is 2.11. The summed E-state index contributed by atoms with van der Waals surface area (Å²) in [6.45, 7) is 1.45. The van der Waals surface area contributed by atoms with Crippen molar-refractivity contribution in [1.82, 2.24) is 25.3 Å². The Morgan fingerprint density at radius 1 is 1.48 bits per heavy atom. The number of rotatable bonds is 5. The van der Waals surface area contributed by atoms with Gasteiger partial charge < -0.3 is 15.4 Å². The second-order valence-electron chi connectivity index (χ2n) is 4.38. The molecule has 0 aromatic carbocycles. The number of nitrogens with zero attached hydrogens (tertiary/aromatic N) is 3. The van der Waals surface area contributed by atoms with Crippen LogP contribution in [0, 0.1) is 6.92 Å². The molecule has 0 bridgehead atoms. The first-order valence-corrected chi connectivity index (χ1v) is 6.04. The molecule has 2 aromatic heterocycles. The maximum absolute atomic E-state index is 11.9. The van der Waals surface area contributed by atoms with Gasteiger partial charge in [0.1, 0.15) is 17.8 Å². The molecule has 2 aromatic rings. The number of carboxylic acid groups (broad SMARTS) is 1. The van der Waals surface area contributed by atoms with Crippen LogP contribution >= 0.6 is 0 Å². The molecule has 2 rings (SSSR count). The Morgan fingerprint density at radius 2 is 2.24 bits per heavy atom. The van der Waals surface area contributed by atoms with Gasteiger partial charge in [-0.05, 0) is 6.92 Å². The summed E-state index contributed by atoms with van der Waals surface area (Å²) in [5, 5.41) is 18.4. The molecule has 0 fully saturated rings. The molecule has 0 aliphatic heterocycles. The van der Waals surface area contributed by atoms with E-state index in [1.54, 1.807) is 6.92 Å². The number of amides is 1. The number of carbonyl (C=O) groups is 2. The predicted molar refractivity (Wildman–Crippen MR) is 70.6 cm³/mol. The fraction of sp³-hybridized carbons (Fsp3) is 0.250. The van der Waals surface area contributed by atoms with Gasteiger partial charge in [0.15, 0.2) is 5.43 Å². The van der Waals surface area contributed by atoms with Crippen LogP contribution < -0.4 is 10.7 Å². The van der Waals surface area contributed by atoms with Gasteiger partial charge in [-0.2, -0.15) is 0 Å². The van der Waals surface area contributed by atoms with Crippen LogP contribution in [-0.4, -0.2) is 37.0 Å². The normalized spacial score (nSPS) is 10.3. The molecule has 0 saturated carbocycles. The Kier molecular flexibility index (Phi) is 4.12. The highest BCUT2D eigenvalue weighted by Crippen LogP contribution is 1.96. The first kappa shape index (κ1) is 14.4. The van der Waals surface area contributed by atoms with E-state index in [1.807, 2.05) is 0 Å². The van der Waals surface area contributed by atoms with Crippen molar-refractivity contribution in [2.24, 2.45) is 0 Å². The Bertz CT molecular complexity index is 733. The maximum atomic E-state index is 11.9. The number of aromatic amines is 1. The number of aliphatic carboxylic acids is 1. The van der Waals surface area contributed by atoms with E-state index in [0.29, 0.717) is 11.4 Å². The first-order valence-electron chi connectivity index (χ1n) is 6.04. The molecular weight excluding hydrogens is 278 g/mol. The minimum Gasteiger partial charge on any atom is -0.480 e. The Morgan fingerprint density at radius 3 is 2.90 bits per heavy atom.